The van der Waals surface area contributed by atoms with E-state index < -0.39 is 0 Å². The number of hydrogen-bond acceptors (Lipinski definition) is 4. The smallest absolute Gasteiger partial charge is 0.222 e. The molecule has 0 saturated carbocycles. The Bertz CT molecular complexity index is 641. The molecule has 150 valence electrons. The molecular formula is C19H29IN4O3. The number of halogens is 1. The molecule has 1 unspecified atom stereocenters. The van der Waals surface area contributed by atoms with Gasteiger partial charge in [0.25, 0.3) is 0 Å². The van der Waals surface area contributed by atoms with Crippen LogP contribution in [0.15, 0.2) is 29.3 Å². The van der Waals surface area contributed by atoms with Crippen molar-refractivity contribution in [2.24, 2.45) is 4.99 Å². The second-order valence-electron chi connectivity index (χ2n) is 6.48. The van der Waals surface area contributed by atoms with Gasteiger partial charge >= 0.3 is 0 Å². The van der Waals surface area contributed by atoms with Gasteiger partial charge in [0.1, 0.15) is 6.61 Å². The second kappa shape index (κ2) is 11.2. The van der Waals surface area contributed by atoms with Crippen molar-refractivity contribution in [1.82, 2.24) is 15.5 Å². The molecule has 1 aromatic rings. The number of rotatable bonds is 7. The van der Waals surface area contributed by atoms with Crippen LogP contribution in [0, 0.1) is 0 Å². The largest absolute Gasteiger partial charge is 0.486 e. The molecule has 0 bridgehead atoms. The van der Waals surface area contributed by atoms with Crippen LogP contribution >= 0.6 is 24.0 Å². The summed E-state index contributed by atoms with van der Waals surface area (Å²) >= 11 is 0. The van der Waals surface area contributed by atoms with Crippen molar-refractivity contribution >= 4 is 35.8 Å². The van der Waals surface area contributed by atoms with Gasteiger partial charge in [0.2, 0.25) is 5.91 Å². The number of carbonyl (C=O) groups is 1. The Balaban J connectivity index is 0.00000261. The average molecular weight is 488 g/mol. The molecule has 1 atom stereocenters. The number of hydrogen-bond donors (Lipinski definition) is 2. The highest BCUT2D eigenvalue weighted by Gasteiger charge is 2.21. The molecule has 0 spiro atoms. The predicted octanol–water partition coefficient (Wildman–Crippen LogP) is 2.01. The highest BCUT2D eigenvalue weighted by Crippen LogP contribution is 2.30. The van der Waals surface area contributed by atoms with Crippen molar-refractivity contribution in [1.29, 1.82) is 0 Å². The fourth-order valence-electron chi connectivity index (χ4n) is 3.11. The number of para-hydroxylation sites is 2. The molecule has 27 heavy (non-hydrogen) atoms. The molecule has 0 aliphatic carbocycles. The molecule has 1 fully saturated rings. The zero-order valence-electron chi connectivity index (χ0n) is 15.8. The maximum absolute atomic E-state index is 11.6. The van der Waals surface area contributed by atoms with Crippen LogP contribution in [-0.2, 0) is 4.79 Å². The maximum atomic E-state index is 11.6. The lowest BCUT2D eigenvalue weighted by Crippen LogP contribution is -2.40. The van der Waals surface area contributed by atoms with E-state index in [4.69, 9.17) is 9.47 Å². The van der Waals surface area contributed by atoms with Gasteiger partial charge in [0.05, 0.1) is 6.54 Å². The summed E-state index contributed by atoms with van der Waals surface area (Å²) in [5, 5.41) is 6.56. The third kappa shape index (κ3) is 6.44. The average Bonchev–Trinajstić information content (AvgIpc) is 3.08. The van der Waals surface area contributed by atoms with Crippen LogP contribution in [0.25, 0.3) is 0 Å². The third-order valence-electron chi connectivity index (χ3n) is 4.43. The molecular weight excluding hydrogens is 459 g/mol. The predicted molar refractivity (Wildman–Crippen MR) is 116 cm³/mol. The van der Waals surface area contributed by atoms with Gasteiger partial charge in [-0.1, -0.05) is 12.1 Å². The van der Waals surface area contributed by atoms with Gasteiger partial charge in [-0.2, -0.15) is 0 Å². The first-order valence-corrected chi connectivity index (χ1v) is 9.44. The lowest BCUT2D eigenvalue weighted by Gasteiger charge is -2.25. The molecule has 2 aliphatic rings. The normalized spacial score (nSPS) is 18.9. The molecule has 2 aliphatic heterocycles. The van der Waals surface area contributed by atoms with Gasteiger partial charge in [0.15, 0.2) is 23.6 Å². The topological polar surface area (TPSA) is 75.2 Å². The van der Waals surface area contributed by atoms with Gasteiger partial charge in [-0.3, -0.25) is 4.79 Å². The lowest BCUT2D eigenvalue weighted by molar-refractivity contribution is -0.127. The quantitative estimate of drug-likeness (QED) is 0.266. The van der Waals surface area contributed by atoms with Crippen LogP contribution in [0.3, 0.4) is 0 Å². The number of guanidine groups is 1. The van der Waals surface area contributed by atoms with E-state index >= 15 is 0 Å². The molecule has 3 rings (SSSR count). The van der Waals surface area contributed by atoms with Gasteiger partial charge in [0, 0.05) is 32.6 Å². The summed E-state index contributed by atoms with van der Waals surface area (Å²) in [4.78, 5) is 18.2. The first kappa shape index (κ1) is 21.6. The van der Waals surface area contributed by atoms with Crippen molar-refractivity contribution in [2.75, 3.05) is 39.3 Å². The number of ether oxygens (including phenoxy) is 2. The third-order valence-corrected chi connectivity index (χ3v) is 4.43. The Labute approximate surface area is 177 Å². The number of amides is 1. The Kier molecular flexibility index (Phi) is 8.96. The van der Waals surface area contributed by atoms with E-state index in [9.17, 15) is 4.79 Å². The summed E-state index contributed by atoms with van der Waals surface area (Å²) in [5.41, 5.74) is 0. The maximum Gasteiger partial charge on any atom is 0.222 e. The van der Waals surface area contributed by atoms with Gasteiger partial charge in [-0.25, -0.2) is 4.99 Å². The molecule has 1 saturated heterocycles. The van der Waals surface area contributed by atoms with Crippen LogP contribution in [0.5, 0.6) is 11.5 Å². The summed E-state index contributed by atoms with van der Waals surface area (Å²) in [5.74, 6) is 2.60. The van der Waals surface area contributed by atoms with Crippen molar-refractivity contribution in [3.8, 4) is 11.5 Å². The number of nitrogens with zero attached hydrogens (tertiary/aromatic N) is 2. The Morgan fingerprint density at radius 3 is 2.85 bits per heavy atom. The fraction of sp³-hybridized carbons (Fsp3) is 0.579. The minimum atomic E-state index is -0.0948. The van der Waals surface area contributed by atoms with Crippen molar-refractivity contribution in [3.05, 3.63) is 24.3 Å². The molecule has 1 amide bonds. The molecule has 0 radical (unpaired) electrons. The Morgan fingerprint density at radius 1 is 1.30 bits per heavy atom. The van der Waals surface area contributed by atoms with Gasteiger partial charge < -0.3 is 25.0 Å². The highest BCUT2D eigenvalue weighted by molar-refractivity contribution is 14.0. The Hall–Kier alpha value is -1.71. The molecule has 8 heteroatoms. The van der Waals surface area contributed by atoms with Crippen molar-refractivity contribution in [3.63, 3.8) is 0 Å². The number of benzene rings is 1. The second-order valence-corrected chi connectivity index (χ2v) is 6.48. The van der Waals surface area contributed by atoms with E-state index in [0.29, 0.717) is 19.6 Å². The van der Waals surface area contributed by atoms with Crippen LogP contribution < -0.4 is 20.1 Å². The SMILES string of the molecule is CCNC(=NCC1COc2ccccc2O1)NCCCN1CCCC1=O.I. The number of carbonyl (C=O) groups excluding carboxylic acids is 1. The summed E-state index contributed by atoms with van der Waals surface area (Å²) in [7, 11) is 0. The first-order valence-electron chi connectivity index (χ1n) is 9.44. The molecule has 0 aromatic heterocycles. The van der Waals surface area contributed by atoms with E-state index in [2.05, 4.69) is 15.6 Å². The summed E-state index contributed by atoms with van der Waals surface area (Å²) in [6, 6.07) is 7.69. The van der Waals surface area contributed by atoms with E-state index in [1.165, 1.54) is 0 Å². The van der Waals surface area contributed by atoms with Crippen LogP contribution in [0.2, 0.25) is 0 Å². The van der Waals surface area contributed by atoms with Crippen LogP contribution in [0.4, 0.5) is 0 Å². The van der Waals surface area contributed by atoms with Crippen LogP contribution in [-0.4, -0.2) is 62.2 Å². The summed E-state index contributed by atoms with van der Waals surface area (Å²) < 4.78 is 11.7. The summed E-state index contributed by atoms with van der Waals surface area (Å²) in [6.45, 7) is 6.33. The minimum absolute atomic E-state index is 0. The highest BCUT2D eigenvalue weighted by atomic mass is 127. The molecule has 7 nitrogen and oxygen atoms in total. The first-order chi connectivity index (χ1) is 12.8. The summed E-state index contributed by atoms with van der Waals surface area (Å²) in [6.07, 6.45) is 2.50. The standard InChI is InChI=1S/C19H28N4O3.HI/c1-2-20-19(21-10-6-12-23-11-5-9-18(23)24)22-13-15-14-25-16-7-3-4-8-17(16)26-15;/h3-4,7-8,15H,2,5-6,9-14H2,1H3,(H2,20,21,22);1H. The monoisotopic (exact) mass is 488 g/mol. The van der Waals surface area contributed by atoms with Crippen molar-refractivity contribution < 1.29 is 14.3 Å². The lowest BCUT2D eigenvalue weighted by atomic mass is 10.2. The minimum Gasteiger partial charge on any atom is -0.486 e. The number of aliphatic imine (C=N–C) groups is 1. The van der Waals surface area contributed by atoms with E-state index in [1.807, 2.05) is 36.1 Å². The van der Waals surface area contributed by atoms with Gasteiger partial charge in [-0.15, -0.1) is 24.0 Å². The van der Waals surface area contributed by atoms with E-state index in [1.54, 1.807) is 0 Å². The number of fused-ring (bicyclic) bond motifs is 1. The number of likely N-dealkylation sites (tertiary alicyclic amines) is 1. The Morgan fingerprint density at radius 2 is 2.11 bits per heavy atom. The van der Waals surface area contributed by atoms with Crippen LogP contribution in [0.1, 0.15) is 26.2 Å². The zero-order valence-corrected chi connectivity index (χ0v) is 18.1. The van der Waals surface area contributed by atoms with Gasteiger partial charge in [-0.05, 0) is 31.9 Å². The molecule has 1 aromatic carbocycles. The van der Waals surface area contributed by atoms with E-state index in [-0.39, 0.29) is 36.0 Å². The molecule has 2 N–H and O–H groups in total. The van der Waals surface area contributed by atoms with Crippen molar-refractivity contribution in [2.45, 2.75) is 32.3 Å². The molecule has 2 heterocycles. The fourth-order valence-corrected chi connectivity index (χ4v) is 3.11. The van der Waals surface area contributed by atoms with E-state index in [0.717, 1.165) is 56.5 Å². The zero-order chi connectivity index (χ0) is 18.2. The number of nitrogens with one attached hydrogen (secondary N) is 2.